The average Bonchev–Trinajstić information content (AvgIpc) is 2.85. The van der Waals surface area contributed by atoms with Crippen molar-refractivity contribution in [1.82, 2.24) is 5.32 Å². The molecule has 0 aromatic heterocycles. The Hall–Kier alpha value is -1.09. The van der Waals surface area contributed by atoms with Crippen LogP contribution in [0.2, 0.25) is 0 Å². The first-order valence-corrected chi connectivity index (χ1v) is 6.16. The van der Waals surface area contributed by atoms with Crippen LogP contribution in [0.3, 0.4) is 0 Å². The normalized spacial score (nSPS) is 21.5. The molecular weight excluding hydrogens is 217 g/mol. The monoisotopic (exact) mass is 237 g/mol. The molecule has 17 heavy (non-hydrogen) atoms. The van der Waals surface area contributed by atoms with Crippen LogP contribution in [-0.2, 0) is 0 Å². The molecule has 2 unspecified atom stereocenters. The van der Waals surface area contributed by atoms with Gasteiger partial charge in [0.15, 0.2) is 0 Å². The molecule has 2 atom stereocenters. The topological polar surface area (TPSA) is 21.3 Å². The summed E-state index contributed by atoms with van der Waals surface area (Å²) >= 11 is 0. The molecule has 0 saturated carbocycles. The molecule has 0 bridgehead atoms. The zero-order valence-electron chi connectivity index (χ0n) is 10.7. The van der Waals surface area contributed by atoms with Gasteiger partial charge in [-0.3, -0.25) is 0 Å². The van der Waals surface area contributed by atoms with Crippen molar-refractivity contribution in [2.45, 2.75) is 38.9 Å². The average molecular weight is 237 g/mol. The van der Waals surface area contributed by atoms with Crippen molar-refractivity contribution in [3.8, 4) is 5.75 Å². The molecule has 2 nitrogen and oxygen atoms in total. The highest BCUT2D eigenvalue weighted by Crippen LogP contribution is 2.36. The first-order valence-electron chi connectivity index (χ1n) is 6.16. The predicted molar refractivity (Wildman–Crippen MR) is 67.3 cm³/mol. The number of halogens is 1. The van der Waals surface area contributed by atoms with E-state index in [0.717, 1.165) is 30.5 Å². The fraction of sp³-hybridized carbons (Fsp3) is 0.571. The van der Waals surface area contributed by atoms with Gasteiger partial charge in [-0.2, -0.15) is 0 Å². The van der Waals surface area contributed by atoms with E-state index in [9.17, 15) is 4.39 Å². The van der Waals surface area contributed by atoms with Crippen LogP contribution in [0.5, 0.6) is 5.75 Å². The van der Waals surface area contributed by atoms with Crippen LogP contribution in [0, 0.1) is 13.8 Å². The van der Waals surface area contributed by atoms with Crippen molar-refractivity contribution in [2.75, 3.05) is 13.7 Å². The summed E-state index contributed by atoms with van der Waals surface area (Å²) in [5.41, 5.74) is 2.85. The molecule has 0 spiro atoms. The second-order valence-corrected chi connectivity index (χ2v) is 4.73. The zero-order chi connectivity index (χ0) is 12.4. The lowest BCUT2D eigenvalue weighted by Crippen LogP contribution is -2.26. The maximum Gasteiger partial charge on any atom is 0.144 e. The highest BCUT2D eigenvalue weighted by Gasteiger charge is 2.28. The molecule has 1 aliphatic rings. The Morgan fingerprint density at radius 1 is 1.41 bits per heavy atom. The van der Waals surface area contributed by atoms with E-state index < -0.39 is 6.17 Å². The lowest BCUT2D eigenvalue weighted by atomic mass is 9.97. The molecule has 1 aromatic rings. The van der Waals surface area contributed by atoms with Gasteiger partial charge in [-0.05, 0) is 44.4 Å². The number of nitrogens with one attached hydrogen (secondary N) is 1. The molecule has 0 aliphatic carbocycles. The summed E-state index contributed by atoms with van der Waals surface area (Å²) in [5, 5.41) is 3.21. The van der Waals surface area contributed by atoms with Gasteiger partial charge in [-0.15, -0.1) is 0 Å². The summed E-state index contributed by atoms with van der Waals surface area (Å²) in [6, 6.07) is 3.76. The molecule has 3 heteroatoms. The minimum atomic E-state index is -0.980. The quantitative estimate of drug-likeness (QED) is 0.872. The molecule has 1 fully saturated rings. The summed E-state index contributed by atoms with van der Waals surface area (Å²) in [7, 11) is 1.61. The standard InChI is InChI=1S/C14H20FNO/c1-9-6-7-11(14(17-3)10(9)2)13(15)12-5-4-8-16-12/h6-7,12-13,16H,4-5,8H2,1-3H3. The van der Waals surface area contributed by atoms with Gasteiger partial charge < -0.3 is 10.1 Å². The fourth-order valence-corrected chi connectivity index (χ4v) is 2.48. The van der Waals surface area contributed by atoms with E-state index in [1.54, 1.807) is 7.11 Å². The third-order valence-electron chi connectivity index (χ3n) is 3.66. The summed E-state index contributed by atoms with van der Waals surface area (Å²) in [6.07, 6.45) is 0.974. The van der Waals surface area contributed by atoms with E-state index in [2.05, 4.69) is 5.32 Å². The Morgan fingerprint density at radius 3 is 2.76 bits per heavy atom. The predicted octanol–water partition coefficient (Wildman–Crippen LogP) is 3.07. The van der Waals surface area contributed by atoms with Crippen molar-refractivity contribution < 1.29 is 9.13 Å². The third kappa shape index (κ3) is 2.29. The van der Waals surface area contributed by atoms with Gasteiger partial charge in [0.2, 0.25) is 0 Å². The summed E-state index contributed by atoms with van der Waals surface area (Å²) < 4.78 is 19.8. The van der Waals surface area contributed by atoms with Crippen LogP contribution in [-0.4, -0.2) is 19.7 Å². The molecule has 0 amide bonds. The van der Waals surface area contributed by atoms with E-state index in [1.165, 1.54) is 0 Å². The molecular formula is C14H20FNO. The molecule has 0 radical (unpaired) electrons. The maximum atomic E-state index is 14.5. The summed E-state index contributed by atoms with van der Waals surface area (Å²) in [4.78, 5) is 0. The number of benzene rings is 1. The number of ether oxygens (including phenoxy) is 1. The lowest BCUT2D eigenvalue weighted by Gasteiger charge is -2.20. The molecule has 1 N–H and O–H groups in total. The number of hydrogen-bond donors (Lipinski definition) is 1. The Balaban J connectivity index is 2.33. The first kappa shape index (κ1) is 12.4. The summed E-state index contributed by atoms with van der Waals surface area (Å²) in [5.74, 6) is 0.700. The van der Waals surface area contributed by atoms with Crippen LogP contribution in [0.4, 0.5) is 4.39 Å². The zero-order valence-corrected chi connectivity index (χ0v) is 10.7. The Bertz CT molecular complexity index is 399. The largest absolute Gasteiger partial charge is 0.496 e. The highest BCUT2D eigenvalue weighted by atomic mass is 19.1. The van der Waals surface area contributed by atoms with Crippen LogP contribution in [0.25, 0.3) is 0 Å². The van der Waals surface area contributed by atoms with E-state index in [-0.39, 0.29) is 6.04 Å². The van der Waals surface area contributed by atoms with Gasteiger partial charge in [0.25, 0.3) is 0 Å². The highest BCUT2D eigenvalue weighted by molar-refractivity contribution is 5.46. The number of methoxy groups -OCH3 is 1. The van der Waals surface area contributed by atoms with E-state index in [4.69, 9.17) is 4.74 Å². The Kier molecular flexibility index (Phi) is 3.67. The van der Waals surface area contributed by atoms with Gasteiger partial charge >= 0.3 is 0 Å². The van der Waals surface area contributed by atoms with E-state index in [1.807, 2.05) is 26.0 Å². The van der Waals surface area contributed by atoms with Gasteiger partial charge in [0.1, 0.15) is 11.9 Å². The van der Waals surface area contributed by atoms with Crippen molar-refractivity contribution in [3.05, 3.63) is 28.8 Å². The van der Waals surface area contributed by atoms with Crippen molar-refractivity contribution in [2.24, 2.45) is 0 Å². The van der Waals surface area contributed by atoms with Gasteiger partial charge in [-0.25, -0.2) is 4.39 Å². The van der Waals surface area contributed by atoms with Crippen LogP contribution in [0.15, 0.2) is 12.1 Å². The van der Waals surface area contributed by atoms with E-state index >= 15 is 0 Å². The Morgan fingerprint density at radius 2 is 2.18 bits per heavy atom. The molecule has 1 saturated heterocycles. The molecule has 94 valence electrons. The van der Waals surface area contributed by atoms with Crippen molar-refractivity contribution in [3.63, 3.8) is 0 Å². The molecule has 1 aliphatic heterocycles. The minimum absolute atomic E-state index is 0.0639. The fourth-order valence-electron chi connectivity index (χ4n) is 2.48. The number of alkyl halides is 1. The Labute approximate surface area is 102 Å². The maximum absolute atomic E-state index is 14.5. The molecule has 1 heterocycles. The van der Waals surface area contributed by atoms with Gasteiger partial charge in [0.05, 0.1) is 7.11 Å². The van der Waals surface area contributed by atoms with E-state index in [0.29, 0.717) is 11.3 Å². The van der Waals surface area contributed by atoms with Crippen LogP contribution >= 0.6 is 0 Å². The van der Waals surface area contributed by atoms with Gasteiger partial charge in [-0.1, -0.05) is 12.1 Å². The summed E-state index contributed by atoms with van der Waals surface area (Å²) in [6.45, 7) is 4.91. The number of aryl methyl sites for hydroxylation is 1. The molecule has 2 rings (SSSR count). The van der Waals surface area contributed by atoms with Crippen LogP contribution < -0.4 is 10.1 Å². The first-order chi connectivity index (χ1) is 8.15. The van der Waals surface area contributed by atoms with Crippen LogP contribution in [0.1, 0.15) is 35.7 Å². The third-order valence-corrected chi connectivity index (χ3v) is 3.66. The van der Waals surface area contributed by atoms with Gasteiger partial charge in [0, 0.05) is 11.6 Å². The second kappa shape index (κ2) is 5.05. The van der Waals surface area contributed by atoms with Crippen molar-refractivity contribution >= 4 is 0 Å². The number of rotatable bonds is 3. The number of hydrogen-bond acceptors (Lipinski definition) is 2. The van der Waals surface area contributed by atoms with Crippen molar-refractivity contribution in [1.29, 1.82) is 0 Å². The minimum Gasteiger partial charge on any atom is -0.496 e. The molecule has 1 aromatic carbocycles. The second-order valence-electron chi connectivity index (χ2n) is 4.73. The SMILES string of the molecule is COc1c(C(F)C2CCCN2)ccc(C)c1C. The smallest absolute Gasteiger partial charge is 0.144 e. The lowest BCUT2D eigenvalue weighted by molar-refractivity contribution is 0.261.